The predicted molar refractivity (Wildman–Crippen MR) is 85.3 cm³/mol. The molecule has 6 heteroatoms. The van der Waals surface area contributed by atoms with Gasteiger partial charge in [0.2, 0.25) is 0 Å². The molecule has 0 aliphatic carbocycles. The Morgan fingerprint density at radius 1 is 1.41 bits per heavy atom. The van der Waals surface area contributed by atoms with Crippen LogP contribution in [0.25, 0.3) is 0 Å². The summed E-state index contributed by atoms with van der Waals surface area (Å²) in [7, 11) is 0. The van der Waals surface area contributed by atoms with E-state index in [1.165, 1.54) is 0 Å². The fraction of sp³-hybridized carbons (Fsp3) is 0.500. The number of fused-ring (bicyclic) bond motifs is 2. The van der Waals surface area contributed by atoms with Crippen molar-refractivity contribution in [3.63, 3.8) is 0 Å². The largest absolute Gasteiger partial charge is 0.444 e. The van der Waals surface area contributed by atoms with E-state index in [9.17, 15) is 4.79 Å². The lowest BCUT2D eigenvalue weighted by Crippen LogP contribution is -2.63. The predicted octanol–water partition coefficient (Wildman–Crippen LogP) is 3.60. The first-order valence-electron chi connectivity index (χ1n) is 7.38. The van der Waals surface area contributed by atoms with Crippen molar-refractivity contribution in [2.24, 2.45) is 4.99 Å². The minimum atomic E-state index is -1.57. The third-order valence-electron chi connectivity index (χ3n) is 4.10. The molecular weight excluding hydrogens is 325 g/mol. The summed E-state index contributed by atoms with van der Waals surface area (Å²) in [5.74, 6) is -0.602. The first-order chi connectivity index (χ1) is 10.5. The van der Waals surface area contributed by atoms with E-state index in [2.05, 4.69) is 11.9 Å². The van der Waals surface area contributed by atoms with Crippen LogP contribution in [0.5, 0.6) is 0 Å². The number of benzene rings is 1. The maximum atomic E-state index is 12.3. The normalized spacial score (nSPS) is 33.5. The summed E-state index contributed by atoms with van der Waals surface area (Å²) >= 11 is 12.7. The number of halogens is 2. The fourth-order valence-electron chi connectivity index (χ4n) is 2.82. The molecule has 118 valence electrons. The maximum absolute atomic E-state index is 12.3. The minimum absolute atomic E-state index is 0.198. The Morgan fingerprint density at radius 3 is 2.82 bits per heavy atom. The quantitative estimate of drug-likeness (QED) is 0.356. The summed E-state index contributed by atoms with van der Waals surface area (Å²) in [6.07, 6.45) is 1.72. The van der Waals surface area contributed by atoms with Crippen molar-refractivity contribution in [2.75, 3.05) is 6.61 Å². The van der Waals surface area contributed by atoms with Gasteiger partial charge in [0.1, 0.15) is 6.10 Å². The van der Waals surface area contributed by atoms with Gasteiger partial charge in [-0.05, 0) is 6.42 Å². The van der Waals surface area contributed by atoms with E-state index < -0.39 is 22.7 Å². The molecule has 4 nitrogen and oxygen atoms in total. The molecule has 0 aromatic heterocycles. The zero-order valence-electron chi connectivity index (χ0n) is 12.2. The number of hydrogen-bond donors (Lipinski definition) is 0. The van der Waals surface area contributed by atoms with Gasteiger partial charge < -0.3 is 9.47 Å². The van der Waals surface area contributed by atoms with Crippen molar-refractivity contribution in [1.82, 2.24) is 0 Å². The van der Waals surface area contributed by atoms with Crippen molar-refractivity contribution in [3.8, 4) is 0 Å². The smallest absolute Gasteiger partial charge is 0.353 e. The molecule has 0 amide bonds. The van der Waals surface area contributed by atoms with Crippen LogP contribution < -0.4 is 0 Å². The summed E-state index contributed by atoms with van der Waals surface area (Å²) in [4.78, 5) is 15.0. The van der Waals surface area contributed by atoms with Crippen molar-refractivity contribution in [3.05, 3.63) is 35.9 Å². The van der Waals surface area contributed by atoms with Crippen LogP contribution in [0.3, 0.4) is 0 Å². The van der Waals surface area contributed by atoms with Crippen LogP contribution in [-0.4, -0.2) is 28.8 Å². The number of nitrogens with zero attached hydrogens (tertiary/aromatic N) is 1. The van der Waals surface area contributed by atoms with Gasteiger partial charge in [-0.25, -0.2) is 9.79 Å². The van der Waals surface area contributed by atoms with Crippen LogP contribution in [-0.2, 0) is 19.9 Å². The van der Waals surface area contributed by atoms with E-state index in [4.69, 9.17) is 32.7 Å². The third-order valence-corrected chi connectivity index (χ3v) is 4.98. The monoisotopic (exact) mass is 341 g/mol. The van der Waals surface area contributed by atoms with Crippen LogP contribution in [0.1, 0.15) is 31.7 Å². The minimum Gasteiger partial charge on any atom is -0.444 e. The molecule has 0 N–H and O–H groups in total. The Labute approximate surface area is 139 Å². The van der Waals surface area contributed by atoms with Gasteiger partial charge >= 0.3 is 5.97 Å². The lowest BCUT2D eigenvalue weighted by molar-refractivity contribution is -0.182. The summed E-state index contributed by atoms with van der Waals surface area (Å²) in [6, 6.07) is 9.35. The Balaban J connectivity index is 1.98. The molecule has 2 bridgehead atoms. The standard InChI is InChI=1S/C16H17Cl2NO3/c1-2-3-9-21-12-10-15(11-7-5-4-6-8-11)13(17)19-16(12,18)14(20)22-15/h4-8,12H,2-3,9-10H2,1H3/t12-,15+,16-/m0/s1. The highest BCUT2D eigenvalue weighted by Gasteiger charge is 2.64. The van der Waals surface area contributed by atoms with Crippen molar-refractivity contribution in [2.45, 2.75) is 42.9 Å². The molecule has 0 spiro atoms. The second-order valence-electron chi connectivity index (χ2n) is 5.58. The van der Waals surface area contributed by atoms with Gasteiger partial charge in [-0.15, -0.1) is 0 Å². The molecule has 1 fully saturated rings. The van der Waals surface area contributed by atoms with Crippen LogP contribution in [0, 0.1) is 0 Å². The highest BCUT2D eigenvalue weighted by molar-refractivity contribution is 6.68. The summed E-state index contributed by atoms with van der Waals surface area (Å²) in [6.45, 7) is 2.60. The van der Waals surface area contributed by atoms with Gasteiger partial charge in [-0.3, -0.25) is 0 Å². The average Bonchev–Trinajstić information content (AvgIpc) is 2.51. The molecule has 1 aromatic carbocycles. The van der Waals surface area contributed by atoms with Gasteiger partial charge in [0, 0.05) is 18.6 Å². The van der Waals surface area contributed by atoms with Gasteiger partial charge in [0.05, 0.1) is 0 Å². The number of esters is 1. The number of alkyl halides is 1. The highest BCUT2D eigenvalue weighted by Crippen LogP contribution is 2.50. The number of rotatable bonds is 5. The third kappa shape index (κ3) is 2.34. The molecular formula is C16H17Cl2NO3. The van der Waals surface area contributed by atoms with Crippen molar-refractivity contribution in [1.29, 1.82) is 0 Å². The molecule has 3 heterocycles. The molecule has 4 rings (SSSR count). The Bertz CT molecular complexity index is 607. The van der Waals surface area contributed by atoms with Crippen LogP contribution in [0.4, 0.5) is 0 Å². The first-order valence-corrected chi connectivity index (χ1v) is 8.14. The van der Waals surface area contributed by atoms with Crippen LogP contribution in [0.2, 0.25) is 0 Å². The number of hydrogen-bond acceptors (Lipinski definition) is 4. The molecule has 0 saturated carbocycles. The fourth-order valence-corrected chi connectivity index (χ4v) is 3.48. The van der Waals surface area contributed by atoms with Crippen molar-refractivity contribution >= 4 is 34.3 Å². The number of aliphatic imine (C=N–C) groups is 1. The zero-order valence-corrected chi connectivity index (χ0v) is 13.7. The lowest BCUT2D eigenvalue weighted by Gasteiger charge is -2.49. The maximum Gasteiger partial charge on any atom is 0.353 e. The zero-order chi connectivity index (χ0) is 15.8. The topological polar surface area (TPSA) is 47.9 Å². The lowest BCUT2D eigenvalue weighted by atomic mass is 9.81. The molecule has 3 aliphatic heterocycles. The molecule has 22 heavy (non-hydrogen) atoms. The Morgan fingerprint density at radius 2 is 2.14 bits per heavy atom. The Kier molecular flexibility index (Phi) is 4.19. The van der Waals surface area contributed by atoms with E-state index in [-0.39, 0.29) is 5.17 Å². The molecule has 1 aromatic rings. The van der Waals surface area contributed by atoms with Gasteiger partial charge in [0.15, 0.2) is 10.8 Å². The van der Waals surface area contributed by atoms with Crippen molar-refractivity contribution < 1.29 is 14.3 Å². The second kappa shape index (κ2) is 5.84. The molecule has 1 saturated heterocycles. The molecule has 0 unspecified atom stereocenters. The summed E-state index contributed by atoms with van der Waals surface area (Å²) in [5.41, 5.74) is -0.312. The number of unbranched alkanes of at least 4 members (excludes halogenated alkanes) is 1. The van der Waals surface area contributed by atoms with E-state index in [0.29, 0.717) is 13.0 Å². The number of carbonyl (C=O) groups excluding carboxylic acids is 1. The molecule has 3 atom stereocenters. The average molecular weight is 342 g/mol. The Hall–Kier alpha value is -1.10. The molecule has 0 radical (unpaired) electrons. The van der Waals surface area contributed by atoms with Gasteiger partial charge in [-0.1, -0.05) is 66.9 Å². The van der Waals surface area contributed by atoms with Gasteiger partial charge in [-0.2, -0.15) is 0 Å². The van der Waals surface area contributed by atoms with E-state index >= 15 is 0 Å². The first kappa shape index (κ1) is 15.8. The van der Waals surface area contributed by atoms with E-state index in [1.807, 2.05) is 30.3 Å². The van der Waals surface area contributed by atoms with Crippen LogP contribution in [0.15, 0.2) is 35.3 Å². The molecule has 3 aliphatic rings. The number of carbonyl (C=O) groups is 1. The van der Waals surface area contributed by atoms with E-state index in [0.717, 1.165) is 18.4 Å². The summed E-state index contributed by atoms with van der Waals surface area (Å²) < 4.78 is 11.4. The summed E-state index contributed by atoms with van der Waals surface area (Å²) in [5, 5.41) is 0.198. The van der Waals surface area contributed by atoms with E-state index in [1.54, 1.807) is 0 Å². The van der Waals surface area contributed by atoms with Crippen LogP contribution >= 0.6 is 23.2 Å². The second-order valence-corrected chi connectivity index (χ2v) is 6.51. The van der Waals surface area contributed by atoms with Gasteiger partial charge in [0.25, 0.3) is 5.00 Å². The number of ether oxygens (including phenoxy) is 2. The highest BCUT2D eigenvalue weighted by atomic mass is 35.5. The SMILES string of the molecule is CCCCO[C@H]1C[C@]2(c3ccccc3)OC(=O)[C@@]1(Cl)N=C2Cl.